The van der Waals surface area contributed by atoms with E-state index in [4.69, 9.17) is 9.88 Å². The summed E-state index contributed by atoms with van der Waals surface area (Å²) in [7, 11) is -3.68. The van der Waals surface area contributed by atoms with Crippen LogP contribution in [0.25, 0.3) is 32.9 Å². The van der Waals surface area contributed by atoms with Gasteiger partial charge in [-0.2, -0.15) is 13.2 Å². The maximum absolute atomic E-state index is 15.3. The van der Waals surface area contributed by atoms with Crippen LogP contribution in [0.3, 0.4) is 0 Å². The molecule has 2 aliphatic carbocycles. The summed E-state index contributed by atoms with van der Waals surface area (Å²) in [5, 5.41) is 11.0. The summed E-state index contributed by atoms with van der Waals surface area (Å²) in [5.41, 5.74) is 4.90. The van der Waals surface area contributed by atoms with Crippen molar-refractivity contribution < 1.29 is 30.7 Å². The fraction of sp³-hybridized carbons (Fsp3) is 0.404. The fourth-order valence-electron chi connectivity index (χ4n) is 8.45. The first-order valence-electron chi connectivity index (χ1n) is 20.9. The molecule has 2 atom stereocenters. The molecule has 0 spiro atoms. The predicted molar refractivity (Wildman–Crippen MR) is 229 cm³/mol. The van der Waals surface area contributed by atoms with E-state index in [0.717, 1.165) is 65.6 Å². The second kappa shape index (κ2) is 18.7. The van der Waals surface area contributed by atoms with E-state index in [-0.39, 0.29) is 36.5 Å². The van der Waals surface area contributed by atoms with Crippen LogP contribution in [0.5, 0.6) is 5.75 Å². The summed E-state index contributed by atoms with van der Waals surface area (Å²) in [6.07, 6.45) is 9.17. The molecule has 1 saturated carbocycles. The number of H-pyrrole nitrogens is 1. The second-order valence-electron chi connectivity index (χ2n) is 16.0. The lowest BCUT2D eigenvalue weighted by atomic mass is 9.88. The number of alkyl halides is 3. The molecular formula is C47H54F4N4O3S. The second-order valence-corrected chi connectivity index (χ2v) is 17.7. The minimum Gasteiger partial charge on any atom is -0.490 e. The number of aromatic amines is 1. The Hall–Kier alpha value is -4.65. The molecule has 2 unspecified atom stereocenters. The standard InChI is InChI=1S/C36H43F4N3O3S.C11H11N/c1-2-3-4-5-6-7-10-17-42-31-22-25-21-29(37)32(46-18-12-19-47(41,44)45)23-28(25)34(31)35-33(27-15-8-9-16-30(27)43-35)24-13-11-14-26(20-24)36(38,39)40;1-2-4-11-9(3-1)7-8-12(11)10-5-6-10/h8-9,11,13-16,20-21,23,31,34,42-43H,2-7,10,12,17-19,22H2,1H3,(H2,41,44,45);1-4,7-8,10H,5-6H2. The summed E-state index contributed by atoms with van der Waals surface area (Å²) in [6.45, 7) is 2.90. The van der Waals surface area contributed by atoms with Crippen molar-refractivity contribution in [1.82, 2.24) is 14.9 Å². The van der Waals surface area contributed by atoms with Gasteiger partial charge in [0.05, 0.1) is 17.9 Å². The number of aromatic nitrogens is 2. The minimum absolute atomic E-state index is 0.00683. The summed E-state index contributed by atoms with van der Waals surface area (Å²) in [4.78, 5) is 3.53. The van der Waals surface area contributed by atoms with Crippen LogP contribution >= 0.6 is 0 Å². The van der Waals surface area contributed by atoms with Crippen molar-refractivity contribution in [1.29, 1.82) is 0 Å². The molecule has 4 aromatic carbocycles. The van der Waals surface area contributed by atoms with Crippen molar-refractivity contribution in [3.63, 3.8) is 0 Å². The van der Waals surface area contributed by atoms with Crippen LogP contribution in [0.2, 0.25) is 0 Å². The van der Waals surface area contributed by atoms with E-state index < -0.39 is 27.6 Å². The third-order valence-electron chi connectivity index (χ3n) is 11.5. The lowest BCUT2D eigenvalue weighted by Gasteiger charge is -2.23. The molecule has 0 amide bonds. The van der Waals surface area contributed by atoms with Crippen molar-refractivity contribution in [2.24, 2.45) is 5.14 Å². The summed E-state index contributed by atoms with van der Waals surface area (Å²) < 4.78 is 87.7. The van der Waals surface area contributed by atoms with Crippen molar-refractivity contribution in [3.05, 3.63) is 125 Å². The van der Waals surface area contributed by atoms with Crippen LogP contribution in [-0.4, -0.2) is 42.9 Å². The zero-order valence-corrected chi connectivity index (χ0v) is 34.4. The van der Waals surface area contributed by atoms with Gasteiger partial charge >= 0.3 is 6.18 Å². The van der Waals surface area contributed by atoms with Crippen molar-refractivity contribution >= 4 is 31.8 Å². The number of unbranched alkanes of at least 4 members (excludes halogenated alkanes) is 6. The normalized spacial score (nSPS) is 16.6. The van der Waals surface area contributed by atoms with Gasteiger partial charge in [0.1, 0.15) is 0 Å². The summed E-state index contributed by atoms with van der Waals surface area (Å²) in [5.74, 6) is -1.20. The van der Waals surface area contributed by atoms with Gasteiger partial charge in [-0.1, -0.05) is 94.0 Å². The molecule has 314 valence electrons. The number of nitrogens with one attached hydrogen (secondary N) is 2. The van der Waals surface area contributed by atoms with Gasteiger partial charge in [-0.15, -0.1) is 0 Å². The monoisotopic (exact) mass is 830 g/mol. The number of nitrogens with two attached hydrogens (primary N) is 1. The van der Waals surface area contributed by atoms with Gasteiger partial charge in [-0.25, -0.2) is 17.9 Å². The van der Waals surface area contributed by atoms with E-state index in [1.807, 2.05) is 24.3 Å². The van der Waals surface area contributed by atoms with Crippen LogP contribution in [-0.2, 0) is 22.6 Å². The Kier molecular flexibility index (Phi) is 13.5. The fourth-order valence-corrected chi connectivity index (χ4v) is 8.97. The highest BCUT2D eigenvalue weighted by Gasteiger charge is 2.38. The number of sulfonamides is 1. The Bertz CT molecular complexity index is 2450. The average molecular weight is 831 g/mol. The molecule has 2 aromatic heterocycles. The number of ether oxygens (including phenoxy) is 1. The van der Waals surface area contributed by atoms with Crippen molar-refractivity contribution in [2.45, 2.75) is 102 Å². The molecule has 1 fully saturated rings. The first kappa shape index (κ1) is 42.5. The molecule has 0 bridgehead atoms. The van der Waals surface area contributed by atoms with E-state index in [1.165, 1.54) is 67.6 Å². The molecule has 6 aromatic rings. The highest BCUT2D eigenvalue weighted by atomic mass is 32.2. The predicted octanol–water partition coefficient (Wildman–Crippen LogP) is 11.4. The van der Waals surface area contributed by atoms with Crippen LogP contribution in [0.4, 0.5) is 17.6 Å². The van der Waals surface area contributed by atoms with Gasteiger partial charge in [-0.3, -0.25) is 0 Å². The molecule has 2 heterocycles. The molecule has 8 rings (SSSR count). The molecule has 7 nitrogen and oxygen atoms in total. The third-order valence-corrected chi connectivity index (χ3v) is 12.3. The van der Waals surface area contributed by atoms with Crippen LogP contribution in [0, 0.1) is 5.82 Å². The van der Waals surface area contributed by atoms with Crippen molar-refractivity contribution in [2.75, 3.05) is 18.9 Å². The van der Waals surface area contributed by atoms with E-state index >= 15 is 4.39 Å². The summed E-state index contributed by atoms with van der Waals surface area (Å²) >= 11 is 0. The van der Waals surface area contributed by atoms with E-state index in [9.17, 15) is 21.6 Å². The average Bonchev–Trinajstić information content (AvgIpc) is 3.70. The lowest BCUT2D eigenvalue weighted by molar-refractivity contribution is -0.137. The van der Waals surface area contributed by atoms with E-state index in [1.54, 1.807) is 12.1 Å². The quantitative estimate of drug-likeness (QED) is 0.0629. The Balaban J connectivity index is 0.000000370. The van der Waals surface area contributed by atoms with Crippen LogP contribution in [0.1, 0.15) is 105 Å². The number of hydrogen-bond donors (Lipinski definition) is 3. The number of hydrogen-bond acceptors (Lipinski definition) is 4. The molecule has 2 aliphatic rings. The third kappa shape index (κ3) is 10.6. The number of primary sulfonamides is 1. The first-order chi connectivity index (χ1) is 28.4. The van der Waals surface area contributed by atoms with Crippen molar-refractivity contribution in [3.8, 4) is 16.9 Å². The highest BCUT2D eigenvalue weighted by Crippen LogP contribution is 2.47. The van der Waals surface area contributed by atoms with Gasteiger partial charge in [0, 0.05) is 51.9 Å². The smallest absolute Gasteiger partial charge is 0.416 e. The van der Waals surface area contributed by atoms with Gasteiger partial charge in [0.15, 0.2) is 11.6 Å². The highest BCUT2D eigenvalue weighted by molar-refractivity contribution is 7.89. The van der Waals surface area contributed by atoms with E-state index in [0.29, 0.717) is 17.5 Å². The Morgan fingerprint density at radius 2 is 1.63 bits per heavy atom. The molecule has 59 heavy (non-hydrogen) atoms. The van der Waals surface area contributed by atoms with Crippen LogP contribution in [0.15, 0.2) is 97.2 Å². The maximum atomic E-state index is 15.3. The minimum atomic E-state index is -4.50. The van der Waals surface area contributed by atoms with Gasteiger partial charge in [0.2, 0.25) is 10.0 Å². The number of rotatable bonds is 17. The van der Waals surface area contributed by atoms with Gasteiger partial charge < -0.3 is 19.6 Å². The Morgan fingerprint density at radius 3 is 2.39 bits per heavy atom. The van der Waals surface area contributed by atoms with Gasteiger partial charge in [0.25, 0.3) is 0 Å². The number of benzene rings is 4. The zero-order chi connectivity index (χ0) is 41.6. The SMILES string of the molecule is CCCCCCCCCNC1Cc2cc(F)c(OCCCS(N)(=O)=O)cc2C1c1[nH]c2ccccc2c1-c1cccc(C(F)(F)F)c1.c1ccc2c(c1)ccn2C1CC1. The maximum Gasteiger partial charge on any atom is 0.416 e. The largest absolute Gasteiger partial charge is 0.490 e. The van der Waals surface area contributed by atoms with Crippen LogP contribution < -0.4 is 15.2 Å². The summed E-state index contributed by atoms with van der Waals surface area (Å²) in [6, 6.07) is 27.4. The molecule has 0 radical (unpaired) electrons. The Labute approximate surface area is 344 Å². The molecule has 12 heteroatoms. The number of fused-ring (bicyclic) bond motifs is 3. The molecular weight excluding hydrogens is 777 g/mol. The van der Waals surface area contributed by atoms with Gasteiger partial charge in [-0.05, 0) is 103 Å². The first-order valence-corrected chi connectivity index (χ1v) is 22.7. The zero-order valence-electron chi connectivity index (χ0n) is 33.5. The molecule has 0 aliphatic heterocycles. The Morgan fingerprint density at radius 1 is 0.881 bits per heavy atom. The van der Waals surface area contributed by atoms with E-state index in [2.05, 4.69) is 58.3 Å². The molecule has 0 saturated heterocycles. The molecule has 4 N–H and O–H groups in total. The number of para-hydroxylation sites is 2. The number of nitrogens with zero attached hydrogens (tertiary/aromatic N) is 1. The number of halogens is 4. The topological polar surface area (TPSA) is 102 Å². The lowest BCUT2D eigenvalue weighted by Crippen LogP contribution is -2.34.